The van der Waals surface area contributed by atoms with Gasteiger partial charge in [0.15, 0.2) is 6.61 Å². The van der Waals surface area contributed by atoms with Crippen molar-refractivity contribution < 1.29 is 9.63 Å². The average molecular weight is 368 g/mol. The minimum Gasteiger partial charge on any atom is -0.386 e. The summed E-state index contributed by atoms with van der Waals surface area (Å²) in [6.07, 6.45) is 1.52. The van der Waals surface area contributed by atoms with E-state index in [4.69, 9.17) is 16.4 Å². The van der Waals surface area contributed by atoms with Crippen LogP contribution in [0.3, 0.4) is 0 Å². The number of nitrogens with zero attached hydrogens (tertiary/aromatic N) is 1. The fourth-order valence-electron chi connectivity index (χ4n) is 1.51. The molecule has 4 nitrogen and oxygen atoms in total. The number of carbonyl (C=O) groups excluding carboxylic acids is 1. The lowest BCUT2D eigenvalue weighted by atomic mass is 10.2. The lowest BCUT2D eigenvalue weighted by Crippen LogP contribution is -2.16. The van der Waals surface area contributed by atoms with Crippen LogP contribution in [0.2, 0.25) is 5.02 Å². The molecule has 0 saturated heterocycles. The highest BCUT2D eigenvalue weighted by Crippen LogP contribution is 2.15. The van der Waals surface area contributed by atoms with Crippen LogP contribution in [-0.4, -0.2) is 18.7 Å². The average Bonchev–Trinajstić information content (AvgIpc) is 2.45. The van der Waals surface area contributed by atoms with Crippen molar-refractivity contribution in [2.75, 3.05) is 11.9 Å². The summed E-state index contributed by atoms with van der Waals surface area (Å²) >= 11 is 9.10. The summed E-state index contributed by atoms with van der Waals surface area (Å²) < 4.78 is 0.891. The predicted molar refractivity (Wildman–Crippen MR) is 87.8 cm³/mol. The van der Waals surface area contributed by atoms with E-state index >= 15 is 0 Å². The molecule has 0 atom stereocenters. The van der Waals surface area contributed by atoms with E-state index in [0.29, 0.717) is 10.7 Å². The van der Waals surface area contributed by atoms with Gasteiger partial charge >= 0.3 is 0 Å². The number of amides is 1. The Bertz CT molecular complexity index is 644. The quantitative estimate of drug-likeness (QED) is 0.639. The smallest absolute Gasteiger partial charge is 0.265 e. The monoisotopic (exact) mass is 366 g/mol. The summed E-state index contributed by atoms with van der Waals surface area (Å²) in [4.78, 5) is 16.6. The number of nitrogens with one attached hydrogen (secondary N) is 1. The van der Waals surface area contributed by atoms with Crippen LogP contribution in [0.1, 0.15) is 5.56 Å². The molecular weight excluding hydrogens is 356 g/mol. The van der Waals surface area contributed by atoms with Gasteiger partial charge in [0.25, 0.3) is 5.91 Å². The first-order chi connectivity index (χ1) is 10.1. The Morgan fingerprint density at radius 1 is 1.29 bits per heavy atom. The molecule has 2 aromatic carbocycles. The minimum absolute atomic E-state index is 0.156. The van der Waals surface area contributed by atoms with Gasteiger partial charge in [-0.3, -0.25) is 4.79 Å². The number of halogens is 2. The third-order valence-corrected chi connectivity index (χ3v) is 3.20. The maximum atomic E-state index is 11.6. The molecule has 2 aromatic rings. The number of hydrogen-bond acceptors (Lipinski definition) is 3. The molecule has 0 fully saturated rings. The predicted octanol–water partition coefficient (Wildman–Crippen LogP) is 4.09. The van der Waals surface area contributed by atoms with E-state index in [-0.39, 0.29) is 12.5 Å². The van der Waals surface area contributed by atoms with Gasteiger partial charge in [-0.05, 0) is 35.9 Å². The van der Waals surface area contributed by atoms with E-state index in [1.165, 1.54) is 6.21 Å². The van der Waals surface area contributed by atoms with Gasteiger partial charge in [0, 0.05) is 15.2 Å². The molecule has 0 unspecified atom stereocenters. The fraction of sp³-hybridized carbons (Fsp3) is 0.0667. The Balaban J connectivity index is 1.78. The van der Waals surface area contributed by atoms with Gasteiger partial charge in [-0.1, -0.05) is 50.9 Å². The largest absolute Gasteiger partial charge is 0.386 e. The first kappa shape index (κ1) is 15.5. The zero-order valence-electron chi connectivity index (χ0n) is 10.9. The number of oxime groups is 1. The SMILES string of the molecule is O=C(CO/N=C/c1ccc(Cl)cc1)Nc1cccc(Br)c1. The molecule has 0 bridgehead atoms. The molecule has 108 valence electrons. The van der Waals surface area contributed by atoms with Gasteiger partial charge in [0.05, 0.1) is 6.21 Å². The topological polar surface area (TPSA) is 50.7 Å². The van der Waals surface area contributed by atoms with Crippen molar-refractivity contribution in [2.24, 2.45) is 5.16 Å². The number of anilines is 1. The van der Waals surface area contributed by atoms with Crippen LogP contribution < -0.4 is 5.32 Å². The van der Waals surface area contributed by atoms with Crippen molar-refractivity contribution in [2.45, 2.75) is 0 Å². The van der Waals surface area contributed by atoms with E-state index in [9.17, 15) is 4.79 Å². The van der Waals surface area contributed by atoms with E-state index < -0.39 is 0 Å². The lowest BCUT2D eigenvalue weighted by Gasteiger charge is -2.04. The number of rotatable bonds is 5. The normalized spacial score (nSPS) is 10.6. The van der Waals surface area contributed by atoms with Crippen LogP contribution in [0.5, 0.6) is 0 Å². The van der Waals surface area contributed by atoms with Crippen molar-refractivity contribution in [3.05, 3.63) is 63.6 Å². The zero-order valence-corrected chi connectivity index (χ0v) is 13.3. The summed E-state index contributed by atoms with van der Waals surface area (Å²) in [6.45, 7) is -0.156. The van der Waals surface area contributed by atoms with Crippen LogP contribution in [0.15, 0.2) is 58.2 Å². The maximum absolute atomic E-state index is 11.6. The van der Waals surface area contributed by atoms with Gasteiger partial charge in [0.2, 0.25) is 0 Å². The van der Waals surface area contributed by atoms with Crippen molar-refractivity contribution in [3.8, 4) is 0 Å². The third kappa shape index (κ3) is 5.57. The van der Waals surface area contributed by atoms with Crippen molar-refractivity contribution in [3.63, 3.8) is 0 Å². The molecule has 0 saturated carbocycles. The Morgan fingerprint density at radius 3 is 2.76 bits per heavy atom. The molecule has 0 aromatic heterocycles. The molecule has 6 heteroatoms. The van der Waals surface area contributed by atoms with Crippen LogP contribution in [0.4, 0.5) is 5.69 Å². The maximum Gasteiger partial charge on any atom is 0.265 e. The number of benzene rings is 2. The van der Waals surface area contributed by atoms with Crippen LogP contribution in [-0.2, 0) is 9.63 Å². The first-order valence-electron chi connectivity index (χ1n) is 6.10. The Hall–Kier alpha value is -1.85. The van der Waals surface area contributed by atoms with Gasteiger partial charge in [0.1, 0.15) is 0 Å². The second-order valence-electron chi connectivity index (χ2n) is 4.12. The Morgan fingerprint density at radius 2 is 2.05 bits per heavy atom. The molecule has 1 N–H and O–H groups in total. The van der Waals surface area contributed by atoms with E-state index in [0.717, 1.165) is 10.0 Å². The van der Waals surface area contributed by atoms with Crippen LogP contribution in [0, 0.1) is 0 Å². The minimum atomic E-state index is -0.277. The van der Waals surface area contributed by atoms with Gasteiger partial charge in [-0.15, -0.1) is 0 Å². The van der Waals surface area contributed by atoms with Gasteiger partial charge in [-0.2, -0.15) is 0 Å². The molecule has 0 aliphatic heterocycles. The van der Waals surface area contributed by atoms with Crippen LogP contribution >= 0.6 is 27.5 Å². The summed E-state index contributed by atoms with van der Waals surface area (Å²) in [5.41, 5.74) is 1.53. The second-order valence-corrected chi connectivity index (χ2v) is 5.47. The second kappa shape index (κ2) is 7.81. The molecule has 0 heterocycles. The highest BCUT2D eigenvalue weighted by Gasteiger charge is 2.02. The number of carbonyl (C=O) groups is 1. The Labute approximate surface area is 135 Å². The molecule has 0 aliphatic rings. The standard InChI is InChI=1S/C15H12BrClN2O2/c16-12-2-1-3-14(8-12)19-15(20)10-21-18-9-11-4-6-13(17)7-5-11/h1-9H,10H2,(H,19,20)/b18-9+. The third-order valence-electron chi connectivity index (χ3n) is 2.45. The highest BCUT2D eigenvalue weighted by molar-refractivity contribution is 9.10. The number of hydrogen-bond donors (Lipinski definition) is 1. The summed E-state index contributed by atoms with van der Waals surface area (Å²) in [5, 5.41) is 7.09. The van der Waals surface area contributed by atoms with E-state index in [1.807, 2.05) is 12.1 Å². The van der Waals surface area contributed by atoms with Gasteiger partial charge in [-0.25, -0.2) is 0 Å². The van der Waals surface area contributed by atoms with Crippen LogP contribution in [0.25, 0.3) is 0 Å². The lowest BCUT2D eigenvalue weighted by molar-refractivity contribution is -0.120. The summed E-state index contributed by atoms with van der Waals surface area (Å²) in [6, 6.07) is 14.4. The molecule has 0 radical (unpaired) electrons. The molecular formula is C15H12BrClN2O2. The molecule has 21 heavy (non-hydrogen) atoms. The molecule has 0 aliphatic carbocycles. The van der Waals surface area contributed by atoms with Crippen molar-refractivity contribution in [1.82, 2.24) is 0 Å². The summed E-state index contributed by atoms with van der Waals surface area (Å²) in [7, 11) is 0. The Kier molecular flexibility index (Phi) is 5.78. The molecule has 1 amide bonds. The fourth-order valence-corrected chi connectivity index (χ4v) is 2.03. The zero-order chi connectivity index (χ0) is 15.1. The van der Waals surface area contributed by atoms with E-state index in [2.05, 4.69) is 26.4 Å². The van der Waals surface area contributed by atoms with Crippen molar-refractivity contribution >= 4 is 45.3 Å². The van der Waals surface area contributed by atoms with Crippen molar-refractivity contribution in [1.29, 1.82) is 0 Å². The van der Waals surface area contributed by atoms with Gasteiger partial charge < -0.3 is 10.2 Å². The molecule has 0 spiro atoms. The first-order valence-corrected chi connectivity index (χ1v) is 7.27. The highest BCUT2D eigenvalue weighted by atomic mass is 79.9. The van der Waals surface area contributed by atoms with E-state index in [1.54, 1.807) is 36.4 Å². The molecule has 2 rings (SSSR count). The summed E-state index contributed by atoms with van der Waals surface area (Å²) in [5.74, 6) is -0.277.